The zero-order valence-corrected chi connectivity index (χ0v) is 32.6. The third-order valence-corrected chi connectivity index (χ3v) is 11.9. The second-order valence-corrected chi connectivity index (χ2v) is 16.5. The molecule has 3 N–H and O–H groups in total. The molecule has 3 amide bonds. The van der Waals surface area contributed by atoms with Gasteiger partial charge in [0.1, 0.15) is 16.8 Å². The lowest BCUT2D eigenvalue weighted by atomic mass is 9.95. The van der Waals surface area contributed by atoms with Gasteiger partial charge in [0.15, 0.2) is 0 Å². The maximum atomic E-state index is 14.2. The summed E-state index contributed by atoms with van der Waals surface area (Å²) in [7, 11) is -2.51. The van der Waals surface area contributed by atoms with Crippen molar-refractivity contribution in [2.24, 2.45) is 11.8 Å². The number of carbonyl (C=O) groups is 2. The summed E-state index contributed by atoms with van der Waals surface area (Å²) in [6.07, 6.45) is 1.82. The van der Waals surface area contributed by atoms with Crippen molar-refractivity contribution >= 4 is 33.3 Å². The molecule has 53 heavy (non-hydrogen) atoms. The minimum atomic E-state index is -4.04. The number of amides is 3. The Hall–Kier alpha value is -4.37. The highest BCUT2D eigenvalue weighted by molar-refractivity contribution is 7.89. The Morgan fingerprint density at radius 1 is 1.04 bits per heavy atom. The van der Waals surface area contributed by atoms with E-state index in [0.29, 0.717) is 43.8 Å². The molecule has 12 nitrogen and oxygen atoms in total. The van der Waals surface area contributed by atoms with Crippen molar-refractivity contribution < 1.29 is 27.9 Å². The first kappa shape index (κ1) is 39.8. The SMILES string of the molecule is CC[C@H](C)[C@@H](C(=O)N[C@@H](Cc1ccccc1)[C@H](O)CNS(=O)(=O)c1ccc(OC)cc1CC(C)C)N1CCN(Cc2csc(-c3ccccn3)n2)C1=O. The fraction of sp³-hybridized carbons (Fsp3) is 0.436. The van der Waals surface area contributed by atoms with Crippen LogP contribution in [-0.4, -0.2) is 90.2 Å². The summed E-state index contributed by atoms with van der Waals surface area (Å²) in [5.41, 5.74) is 2.98. The van der Waals surface area contributed by atoms with E-state index in [-0.39, 0.29) is 35.7 Å². The average Bonchev–Trinajstić information content (AvgIpc) is 3.77. The monoisotopic (exact) mass is 762 g/mol. The van der Waals surface area contributed by atoms with E-state index in [4.69, 9.17) is 9.72 Å². The summed E-state index contributed by atoms with van der Waals surface area (Å²) in [6.45, 7) is 8.65. The number of nitrogens with one attached hydrogen (secondary N) is 2. The van der Waals surface area contributed by atoms with Gasteiger partial charge in [0.05, 0.1) is 42.1 Å². The van der Waals surface area contributed by atoms with Gasteiger partial charge in [-0.2, -0.15) is 0 Å². The summed E-state index contributed by atoms with van der Waals surface area (Å²) in [6, 6.07) is 17.9. The Morgan fingerprint density at radius 2 is 1.79 bits per heavy atom. The van der Waals surface area contributed by atoms with Gasteiger partial charge in [-0.3, -0.25) is 9.78 Å². The molecule has 0 bridgehead atoms. The molecule has 4 atom stereocenters. The molecule has 0 aliphatic carbocycles. The zero-order chi connectivity index (χ0) is 38.1. The van der Waals surface area contributed by atoms with Crippen LogP contribution in [0.2, 0.25) is 0 Å². The van der Waals surface area contributed by atoms with E-state index in [1.54, 1.807) is 28.1 Å². The lowest BCUT2D eigenvalue weighted by molar-refractivity contribution is -0.128. The molecule has 3 heterocycles. The number of rotatable bonds is 18. The number of methoxy groups -OCH3 is 1. The normalized spacial score (nSPS) is 15.7. The maximum absolute atomic E-state index is 14.2. The quantitative estimate of drug-likeness (QED) is 0.126. The van der Waals surface area contributed by atoms with Crippen LogP contribution in [0.25, 0.3) is 10.7 Å². The van der Waals surface area contributed by atoms with Crippen LogP contribution < -0.4 is 14.8 Å². The number of pyridine rings is 1. The number of aliphatic hydroxyl groups is 1. The Labute approximate surface area is 316 Å². The number of aliphatic hydroxyl groups excluding tert-OH is 1. The number of carbonyl (C=O) groups excluding carboxylic acids is 2. The van der Waals surface area contributed by atoms with E-state index < -0.39 is 34.1 Å². The minimum Gasteiger partial charge on any atom is -0.497 e. The number of thiazole rings is 1. The Kier molecular flexibility index (Phi) is 13.6. The van der Waals surface area contributed by atoms with Crippen LogP contribution >= 0.6 is 11.3 Å². The summed E-state index contributed by atoms with van der Waals surface area (Å²) >= 11 is 1.47. The highest BCUT2D eigenvalue weighted by atomic mass is 32.2. The number of aromatic nitrogens is 2. The lowest BCUT2D eigenvalue weighted by Gasteiger charge is -2.33. The fourth-order valence-electron chi connectivity index (χ4n) is 6.50. The first-order valence-corrected chi connectivity index (χ1v) is 20.4. The van der Waals surface area contributed by atoms with Crippen LogP contribution in [0, 0.1) is 11.8 Å². The molecule has 2 aromatic heterocycles. The molecule has 1 aliphatic heterocycles. The van der Waals surface area contributed by atoms with Crippen LogP contribution in [0.5, 0.6) is 5.75 Å². The second-order valence-electron chi connectivity index (χ2n) is 13.9. The molecule has 1 fully saturated rings. The summed E-state index contributed by atoms with van der Waals surface area (Å²) in [5.74, 6) is 0.144. The van der Waals surface area contributed by atoms with Crippen LogP contribution in [0.3, 0.4) is 0 Å². The summed E-state index contributed by atoms with van der Waals surface area (Å²) in [5, 5.41) is 17.3. The van der Waals surface area contributed by atoms with E-state index in [1.807, 2.05) is 81.6 Å². The number of urea groups is 1. The molecular weight excluding hydrogens is 713 g/mol. The van der Waals surface area contributed by atoms with E-state index in [0.717, 1.165) is 22.0 Å². The number of hydrogen-bond donors (Lipinski definition) is 3. The van der Waals surface area contributed by atoms with E-state index in [1.165, 1.54) is 24.5 Å². The molecule has 1 saturated heterocycles. The molecule has 0 unspecified atom stereocenters. The maximum Gasteiger partial charge on any atom is 0.321 e. The van der Waals surface area contributed by atoms with Crippen LogP contribution in [0.4, 0.5) is 4.79 Å². The number of nitrogens with zero attached hydrogens (tertiary/aromatic N) is 4. The highest BCUT2D eigenvalue weighted by Crippen LogP contribution is 2.27. The Balaban J connectivity index is 1.31. The van der Waals surface area contributed by atoms with E-state index in [9.17, 15) is 23.1 Å². The van der Waals surface area contributed by atoms with Crippen molar-refractivity contribution in [2.75, 3.05) is 26.7 Å². The fourth-order valence-corrected chi connectivity index (χ4v) is 8.56. The molecule has 0 radical (unpaired) electrons. The molecule has 2 aromatic carbocycles. The van der Waals surface area contributed by atoms with Gasteiger partial charge in [0.2, 0.25) is 15.9 Å². The van der Waals surface area contributed by atoms with Gasteiger partial charge < -0.3 is 25.0 Å². The third kappa shape index (κ3) is 10.2. The Morgan fingerprint density at radius 3 is 2.47 bits per heavy atom. The van der Waals surface area contributed by atoms with Crippen molar-refractivity contribution in [3.05, 3.63) is 95.1 Å². The summed E-state index contributed by atoms with van der Waals surface area (Å²) in [4.78, 5) is 40.6. The van der Waals surface area contributed by atoms with E-state index >= 15 is 0 Å². The van der Waals surface area contributed by atoms with Crippen molar-refractivity contribution in [3.8, 4) is 16.5 Å². The predicted molar refractivity (Wildman–Crippen MR) is 206 cm³/mol. The van der Waals surface area contributed by atoms with Gasteiger partial charge in [-0.05, 0) is 66.1 Å². The highest BCUT2D eigenvalue weighted by Gasteiger charge is 2.41. The van der Waals surface area contributed by atoms with Crippen molar-refractivity contribution in [1.82, 2.24) is 29.8 Å². The molecule has 14 heteroatoms. The number of hydrogen-bond acceptors (Lipinski definition) is 9. The van der Waals surface area contributed by atoms with Gasteiger partial charge in [0, 0.05) is 31.2 Å². The molecule has 0 saturated carbocycles. The molecule has 5 rings (SSSR count). The number of benzene rings is 2. The van der Waals surface area contributed by atoms with Gasteiger partial charge in [0.25, 0.3) is 0 Å². The summed E-state index contributed by atoms with van der Waals surface area (Å²) < 4.78 is 35.2. The molecule has 4 aromatic rings. The second kappa shape index (κ2) is 18.1. The molecule has 284 valence electrons. The van der Waals surface area contributed by atoms with Crippen molar-refractivity contribution in [3.63, 3.8) is 0 Å². The van der Waals surface area contributed by atoms with Gasteiger partial charge >= 0.3 is 6.03 Å². The van der Waals surface area contributed by atoms with Crippen molar-refractivity contribution in [2.45, 2.75) is 76.6 Å². The number of sulfonamides is 1. The van der Waals surface area contributed by atoms with Crippen LogP contribution in [0.1, 0.15) is 50.9 Å². The lowest BCUT2D eigenvalue weighted by Crippen LogP contribution is -2.57. The Bertz CT molecular complexity index is 1920. The zero-order valence-electron chi connectivity index (χ0n) is 30.9. The molecule has 0 spiro atoms. The first-order valence-electron chi connectivity index (χ1n) is 18.0. The van der Waals surface area contributed by atoms with Gasteiger partial charge in [-0.1, -0.05) is 70.5 Å². The molecule has 1 aliphatic rings. The van der Waals surface area contributed by atoms with Gasteiger partial charge in [-0.25, -0.2) is 22.9 Å². The largest absolute Gasteiger partial charge is 0.497 e. The van der Waals surface area contributed by atoms with Crippen LogP contribution in [-0.2, 0) is 34.2 Å². The van der Waals surface area contributed by atoms with Crippen LogP contribution in [0.15, 0.2) is 83.2 Å². The van der Waals surface area contributed by atoms with E-state index in [2.05, 4.69) is 15.0 Å². The first-order chi connectivity index (χ1) is 25.4. The van der Waals surface area contributed by atoms with Gasteiger partial charge in [-0.15, -0.1) is 11.3 Å². The smallest absolute Gasteiger partial charge is 0.321 e. The van der Waals surface area contributed by atoms with Crippen molar-refractivity contribution in [1.29, 1.82) is 0 Å². The third-order valence-electron chi connectivity index (χ3n) is 9.46. The topological polar surface area (TPSA) is 154 Å². The average molecular weight is 763 g/mol. The minimum absolute atomic E-state index is 0.113. The standard InChI is InChI=1S/C39H50N6O6S2/c1-6-27(4)36(45-19-18-44(39(45)48)24-30-25-52-38(42-30)32-14-10-11-17-40-32)37(47)43-33(21-28-12-8-7-9-13-28)34(46)23-41-53(49,50)35-16-15-31(51-5)22-29(35)20-26(2)3/h7-17,22,25-27,33-34,36,41,46H,6,18-21,23-24H2,1-5H3,(H,43,47)/t27-,33-,34+,36-/m0/s1. The number of ether oxygens (including phenoxy) is 1. The predicted octanol–water partition coefficient (Wildman–Crippen LogP) is 5.13. The molecular formula is C39H50N6O6S2.